The third kappa shape index (κ3) is 2.93. The van der Waals surface area contributed by atoms with Crippen LogP contribution < -0.4 is 5.32 Å². The molecular formula is C13H12N2S. The summed E-state index contributed by atoms with van der Waals surface area (Å²) in [5.41, 5.74) is 2.03. The summed E-state index contributed by atoms with van der Waals surface area (Å²) >= 11 is 1.62. The summed E-state index contributed by atoms with van der Waals surface area (Å²) in [4.78, 5) is 1.20. The van der Waals surface area contributed by atoms with Gasteiger partial charge in [0.25, 0.3) is 0 Å². The first-order chi connectivity index (χ1) is 7.88. The lowest BCUT2D eigenvalue weighted by Crippen LogP contribution is -2.11. The van der Waals surface area contributed by atoms with Gasteiger partial charge in [0.15, 0.2) is 0 Å². The van der Waals surface area contributed by atoms with Crippen LogP contribution in [0.15, 0.2) is 41.8 Å². The second kappa shape index (κ2) is 5.45. The molecule has 2 rings (SSSR count). The molecule has 1 aromatic carbocycles. The molecule has 2 aromatic rings. The van der Waals surface area contributed by atoms with E-state index in [0.29, 0.717) is 0 Å². The van der Waals surface area contributed by atoms with Gasteiger partial charge in [0.1, 0.15) is 6.07 Å². The summed E-state index contributed by atoms with van der Waals surface area (Å²) in [5.74, 6) is 0. The molecule has 0 unspecified atom stereocenters. The van der Waals surface area contributed by atoms with Crippen LogP contribution in [-0.4, -0.2) is 0 Å². The number of thiophene rings is 1. The van der Waals surface area contributed by atoms with E-state index in [2.05, 4.69) is 23.5 Å². The first-order valence-electron chi connectivity index (χ1n) is 5.10. The molecule has 0 saturated carbocycles. The lowest BCUT2D eigenvalue weighted by atomic mass is 10.2. The van der Waals surface area contributed by atoms with Crippen molar-refractivity contribution in [1.29, 1.82) is 5.26 Å². The highest BCUT2D eigenvalue weighted by Gasteiger charge is 1.98. The quantitative estimate of drug-likeness (QED) is 0.873. The van der Waals surface area contributed by atoms with E-state index in [-0.39, 0.29) is 0 Å². The third-order valence-corrected chi connectivity index (χ3v) is 3.19. The molecule has 80 valence electrons. The molecule has 0 radical (unpaired) electrons. The van der Waals surface area contributed by atoms with E-state index in [4.69, 9.17) is 5.26 Å². The molecule has 3 heteroatoms. The number of nitrogens with one attached hydrogen (secondary N) is 1. The lowest BCUT2D eigenvalue weighted by molar-refractivity contribution is 0.701. The maximum atomic E-state index is 8.69. The van der Waals surface area contributed by atoms with Crippen molar-refractivity contribution in [3.8, 4) is 6.07 Å². The third-order valence-electron chi connectivity index (χ3n) is 2.25. The molecule has 0 aliphatic heterocycles. The van der Waals surface area contributed by atoms with E-state index in [0.717, 1.165) is 18.7 Å². The van der Waals surface area contributed by atoms with Gasteiger partial charge >= 0.3 is 0 Å². The van der Waals surface area contributed by atoms with Crippen LogP contribution in [0.1, 0.15) is 16.0 Å². The molecule has 2 nitrogen and oxygen atoms in total. The molecule has 1 aromatic heterocycles. The first kappa shape index (κ1) is 10.9. The Morgan fingerprint density at radius 2 is 2.00 bits per heavy atom. The van der Waals surface area contributed by atoms with Crippen molar-refractivity contribution in [3.63, 3.8) is 0 Å². The van der Waals surface area contributed by atoms with Gasteiger partial charge in [-0.2, -0.15) is 5.26 Å². The molecule has 0 bridgehead atoms. The van der Waals surface area contributed by atoms with Crippen LogP contribution in [0.25, 0.3) is 0 Å². The van der Waals surface area contributed by atoms with Crippen LogP contribution in [0.5, 0.6) is 0 Å². The van der Waals surface area contributed by atoms with Gasteiger partial charge in [-0.1, -0.05) is 30.3 Å². The number of rotatable bonds is 4. The van der Waals surface area contributed by atoms with Crippen molar-refractivity contribution in [2.45, 2.75) is 13.1 Å². The average molecular weight is 228 g/mol. The molecule has 0 saturated heterocycles. The minimum atomic E-state index is 0.751. The van der Waals surface area contributed by atoms with Crippen LogP contribution in [0.3, 0.4) is 0 Å². The molecule has 0 amide bonds. The number of hydrogen-bond acceptors (Lipinski definition) is 3. The summed E-state index contributed by atoms with van der Waals surface area (Å²) in [7, 11) is 0. The van der Waals surface area contributed by atoms with Gasteiger partial charge in [-0.15, -0.1) is 11.3 Å². The molecule has 1 N–H and O–H groups in total. The standard InChI is InChI=1S/C13H12N2S/c14-7-12-6-13(16-10-12)9-15-8-11-4-2-1-3-5-11/h1-6,10,15H,8-9H2. The van der Waals surface area contributed by atoms with Crippen molar-refractivity contribution in [2.75, 3.05) is 0 Å². The summed E-state index contributed by atoms with van der Waals surface area (Å²) in [6.45, 7) is 1.68. The fourth-order valence-electron chi connectivity index (χ4n) is 1.46. The fraction of sp³-hybridized carbons (Fsp3) is 0.154. The van der Waals surface area contributed by atoms with E-state index in [9.17, 15) is 0 Å². The molecule has 0 aliphatic carbocycles. The Bertz CT molecular complexity index is 482. The van der Waals surface area contributed by atoms with Crippen LogP contribution in [0, 0.1) is 11.3 Å². The van der Waals surface area contributed by atoms with Gasteiger partial charge in [0.05, 0.1) is 5.56 Å². The monoisotopic (exact) mass is 228 g/mol. The van der Waals surface area contributed by atoms with Gasteiger partial charge < -0.3 is 5.32 Å². The predicted octanol–water partition coefficient (Wildman–Crippen LogP) is 2.91. The SMILES string of the molecule is N#Cc1csc(CNCc2ccccc2)c1. The normalized spacial score (nSPS) is 9.94. The van der Waals surface area contributed by atoms with E-state index in [1.165, 1.54) is 10.4 Å². The zero-order valence-corrected chi connectivity index (χ0v) is 9.63. The van der Waals surface area contributed by atoms with E-state index >= 15 is 0 Å². The highest BCUT2D eigenvalue weighted by molar-refractivity contribution is 7.10. The van der Waals surface area contributed by atoms with Crippen LogP contribution in [0.4, 0.5) is 0 Å². The zero-order chi connectivity index (χ0) is 11.2. The Balaban J connectivity index is 1.83. The Labute approximate surface area is 99.2 Å². The molecule has 0 spiro atoms. The highest BCUT2D eigenvalue weighted by atomic mass is 32.1. The second-order valence-electron chi connectivity index (χ2n) is 3.50. The molecule has 0 aliphatic rings. The number of hydrogen-bond donors (Lipinski definition) is 1. The highest BCUT2D eigenvalue weighted by Crippen LogP contribution is 2.13. The zero-order valence-electron chi connectivity index (χ0n) is 8.81. The number of benzene rings is 1. The minimum absolute atomic E-state index is 0.751. The van der Waals surface area contributed by atoms with Crippen molar-refractivity contribution in [2.24, 2.45) is 0 Å². The molecular weight excluding hydrogens is 216 g/mol. The van der Waals surface area contributed by atoms with E-state index < -0.39 is 0 Å². The van der Waals surface area contributed by atoms with Crippen LogP contribution in [0.2, 0.25) is 0 Å². The van der Waals surface area contributed by atoms with E-state index in [1.807, 2.05) is 29.6 Å². The van der Waals surface area contributed by atoms with Gasteiger partial charge in [0, 0.05) is 23.3 Å². The summed E-state index contributed by atoms with van der Waals surface area (Å²) in [5, 5.41) is 13.9. The molecule has 16 heavy (non-hydrogen) atoms. The van der Waals surface area contributed by atoms with Gasteiger partial charge in [-0.25, -0.2) is 0 Å². The predicted molar refractivity (Wildman–Crippen MR) is 66.0 cm³/mol. The summed E-state index contributed by atoms with van der Waals surface area (Å²) in [6, 6.07) is 14.4. The van der Waals surface area contributed by atoms with E-state index in [1.54, 1.807) is 11.3 Å². The Kier molecular flexibility index (Phi) is 3.71. The van der Waals surface area contributed by atoms with Crippen molar-refractivity contribution >= 4 is 11.3 Å². The molecule has 0 atom stereocenters. The molecule has 0 fully saturated rings. The van der Waals surface area contributed by atoms with Gasteiger partial charge in [-0.3, -0.25) is 0 Å². The minimum Gasteiger partial charge on any atom is -0.308 e. The van der Waals surface area contributed by atoms with Crippen molar-refractivity contribution in [3.05, 3.63) is 57.8 Å². The fourth-order valence-corrected chi connectivity index (χ4v) is 2.24. The number of nitrogens with zero attached hydrogens (tertiary/aromatic N) is 1. The largest absolute Gasteiger partial charge is 0.308 e. The smallest absolute Gasteiger partial charge is 0.100 e. The topological polar surface area (TPSA) is 35.8 Å². The van der Waals surface area contributed by atoms with Crippen LogP contribution in [-0.2, 0) is 13.1 Å². The Morgan fingerprint density at radius 3 is 2.69 bits per heavy atom. The van der Waals surface area contributed by atoms with Crippen molar-refractivity contribution < 1.29 is 0 Å². The lowest BCUT2D eigenvalue weighted by Gasteiger charge is -2.02. The average Bonchev–Trinajstić information content (AvgIpc) is 2.78. The maximum absolute atomic E-state index is 8.69. The summed E-state index contributed by atoms with van der Waals surface area (Å²) < 4.78 is 0. The van der Waals surface area contributed by atoms with Gasteiger partial charge in [-0.05, 0) is 11.6 Å². The first-order valence-corrected chi connectivity index (χ1v) is 5.98. The van der Waals surface area contributed by atoms with Crippen molar-refractivity contribution in [1.82, 2.24) is 5.32 Å². The van der Waals surface area contributed by atoms with Crippen LogP contribution >= 0.6 is 11.3 Å². The number of nitriles is 1. The Morgan fingerprint density at radius 1 is 1.19 bits per heavy atom. The maximum Gasteiger partial charge on any atom is 0.100 e. The molecule has 1 heterocycles. The summed E-state index contributed by atoms with van der Waals surface area (Å²) in [6.07, 6.45) is 0. The Hall–Kier alpha value is -1.63. The second-order valence-corrected chi connectivity index (χ2v) is 4.50. The van der Waals surface area contributed by atoms with Gasteiger partial charge in [0.2, 0.25) is 0 Å².